The zero-order valence-electron chi connectivity index (χ0n) is 14.4. The normalized spacial score (nSPS) is 14.1. The van der Waals surface area contributed by atoms with Gasteiger partial charge in [-0.1, -0.05) is 29.3 Å². The molecule has 0 bridgehead atoms. The van der Waals surface area contributed by atoms with Crippen molar-refractivity contribution >= 4 is 46.6 Å². The number of piperazine rings is 1. The first-order valence-corrected chi connectivity index (χ1v) is 9.68. The first-order chi connectivity index (χ1) is 12.5. The molecule has 1 fully saturated rings. The monoisotopic (exact) mass is 389 g/mol. The highest BCUT2D eigenvalue weighted by Gasteiger charge is 2.18. The largest absolute Gasteiger partial charge is 0.359 e. The third-order valence-corrected chi connectivity index (χ3v) is 5.32. The highest BCUT2D eigenvalue weighted by atomic mass is 35.5. The molecule has 5 nitrogen and oxygen atoms in total. The molecular weight excluding hydrogens is 370 g/mol. The number of rotatable bonds is 5. The second kappa shape index (κ2) is 8.47. The molecule has 0 saturated carbocycles. The molecule has 0 aromatic heterocycles. The maximum absolute atomic E-state index is 12.2. The lowest BCUT2D eigenvalue weighted by Crippen LogP contribution is -2.47. The Morgan fingerprint density at radius 2 is 2.04 bits per heavy atom. The zero-order chi connectivity index (χ0) is 18.5. The van der Waals surface area contributed by atoms with Crippen LogP contribution in [0.1, 0.15) is 5.56 Å². The summed E-state index contributed by atoms with van der Waals surface area (Å²) in [5.74, 6) is 0.226. The van der Waals surface area contributed by atoms with Crippen molar-refractivity contribution < 1.29 is 9.59 Å². The van der Waals surface area contributed by atoms with E-state index in [9.17, 15) is 9.59 Å². The molecule has 0 spiro atoms. The number of amides is 2. The number of nitrogens with zero attached hydrogens (tertiary/aromatic N) is 1. The van der Waals surface area contributed by atoms with Crippen LogP contribution in [-0.2, 0) is 9.59 Å². The van der Waals surface area contributed by atoms with E-state index < -0.39 is 0 Å². The average Bonchev–Trinajstić information content (AvgIpc) is 2.61. The molecule has 0 aliphatic carbocycles. The number of thioether (sulfide) groups is 1. The third-order valence-electron chi connectivity index (χ3n) is 4.00. The highest BCUT2D eigenvalue weighted by Crippen LogP contribution is 2.29. The van der Waals surface area contributed by atoms with Crippen LogP contribution in [0.15, 0.2) is 47.4 Å². The van der Waals surface area contributed by atoms with Crippen LogP contribution in [0.3, 0.4) is 0 Å². The number of aryl methyl sites for hydroxylation is 1. The molecule has 3 rings (SSSR count). The quantitative estimate of drug-likeness (QED) is 0.770. The summed E-state index contributed by atoms with van der Waals surface area (Å²) in [6, 6.07) is 13.4. The van der Waals surface area contributed by atoms with Crippen LogP contribution in [0.2, 0.25) is 5.02 Å². The predicted octanol–water partition coefficient (Wildman–Crippen LogP) is 3.32. The molecular formula is C19H20ClN3O2S. The summed E-state index contributed by atoms with van der Waals surface area (Å²) in [5, 5.41) is 6.16. The van der Waals surface area contributed by atoms with Gasteiger partial charge in [-0.05, 0) is 37.3 Å². The van der Waals surface area contributed by atoms with Gasteiger partial charge >= 0.3 is 0 Å². The van der Waals surface area contributed by atoms with Crippen LogP contribution in [0, 0.1) is 6.92 Å². The minimum Gasteiger partial charge on any atom is -0.359 e. The van der Waals surface area contributed by atoms with Gasteiger partial charge in [0.05, 0.1) is 23.0 Å². The third kappa shape index (κ3) is 4.93. The van der Waals surface area contributed by atoms with Crippen molar-refractivity contribution in [3.63, 3.8) is 0 Å². The smallest absolute Gasteiger partial charge is 0.239 e. The molecule has 136 valence electrons. The van der Waals surface area contributed by atoms with E-state index in [1.165, 1.54) is 17.3 Å². The highest BCUT2D eigenvalue weighted by molar-refractivity contribution is 8.00. The van der Waals surface area contributed by atoms with Crippen molar-refractivity contribution in [1.82, 2.24) is 5.32 Å². The summed E-state index contributed by atoms with van der Waals surface area (Å²) in [6.07, 6.45) is 0. The second-order valence-electron chi connectivity index (χ2n) is 6.09. The SMILES string of the molecule is Cc1ccc(SCC(=O)Nc2ccc(N3CCNC(=O)C3)c(Cl)c2)cc1. The lowest BCUT2D eigenvalue weighted by molar-refractivity contribution is -0.120. The van der Waals surface area contributed by atoms with E-state index in [2.05, 4.69) is 10.6 Å². The standard InChI is InChI=1S/C19H20ClN3O2S/c1-13-2-5-15(6-3-13)26-12-19(25)22-14-4-7-17(16(20)10-14)23-9-8-21-18(24)11-23/h2-7,10H,8-9,11-12H2,1H3,(H,21,24)(H,22,25). The van der Waals surface area contributed by atoms with Crippen molar-refractivity contribution in [2.45, 2.75) is 11.8 Å². The summed E-state index contributed by atoms with van der Waals surface area (Å²) in [7, 11) is 0. The Hall–Kier alpha value is -2.18. The second-order valence-corrected chi connectivity index (χ2v) is 7.54. The van der Waals surface area contributed by atoms with E-state index in [0.29, 0.717) is 36.1 Å². The number of hydrogen-bond acceptors (Lipinski definition) is 4. The number of hydrogen-bond donors (Lipinski definition) is 2. The number of nitrogens with one attached hydrogen (secondary N) is 2. The lowest BCUT2D eigenvalue weighted by atomic mass is 10.2. The van der Waals surface area contributed by atoms with Crippen LogP contribution in [-0.4, -0.2) is 37.2 Å². The van der Waals surface area contributed by atoms with Crippen LogP contribution >= 0.6 is 23.4 Å². The molecule has 2 N–H and O–H groups in total. The minimum absolute atomic E-state index is 0.0159. The van der Waals surface area contributed by atoms with E-state index in [1.807, 2.05) is 48.2 Å². The van der Waals surface area contributed by atoms with E-state index in [1.54, 1.807) is 6.07 Å². The molecule has 1 heterocycles. The van der Waals surface area contributed by atoms with Gasteiger partial charge in [0.15, 0.2) is 0 Å². The summed E-state index contributed by atoms with van der Waals surface area (Å²) >= 11 is 7.84. The van der Waals surface area contributed by atoms with Gasteiger partial charge in [-0.15, -0.1) is 11.8 Å². The van der Waals surface area contributed by atoms with Gasteiger partial charge in [0.25, 0.3) is 0 Å². The Balaban J connectivity index is 1.57. The molecule has 7 heteroatoms. The van der Waals surface area contributed by atoms with Crippen LogP contribution in [0.25, 0.3) is 0 Å². The van der Waals surface area contributed by atoms with Gasteiger partial charge in [-0.25, -0.2) is 0 Å². The van der Waals surface area contributed by atoms with E-state index >= 15 is 0 Å². The first-order valence-electron chi connectivity index (χ1n) is 8.32. The van der Waals surface area contributed by atoms with Crippen molar-refractivity contribution in [2.24, 2.45) is 0 Å². The van der Waals surface area contributed by atoms with Crippen molar-refractivity contribution in [1.29, 1.82) is 0 Å². The summed E-state index contributed by atoms with van der Waals surface area (Å²) < 4.78 is 0. The van der Waals surface area contributed by atoms with Crippen LogP contribution in [0.5, 0.6) is 0 Å². The Bertz CT molecular complexity index is 811. The Labute approximate surface area is 162 Å². The molecule has 0 radical (unpaired) electrons. The van der Waals surface area contributed by atoms with Crippen molar-refractivity contribution in [3.8, 4) is 0 Å². The lowest BCUT2D eigenvalue weighted by Gasteiger charge is -2.29. The maximum Gasteiger partial charge on any atom is 0.239 e. The first kappa shape index (κ1) is 18.6. The maximum atomic E-state index is 12.2. The molecule has 2 aromatic carbocycles. The zero-order valence-corrected chi connectivity index (χ0v) is 16.0. The number of carbonyl (C=O) groups is 2. The number of halogens is 1. The molecule has 1 aliphatic rings. The molecule has 1 aliphatic heterocycles. The Kier molecular flexibility index (Phi) is 6.06. The molecule has 1 saturated heterocycles. The molecule has 26 heavy (non-hydrogen) atoms. The van der Waals surface area contributed by atoms with E-state index in [0.717, 1.165) is 10.6 Å². The van der Waals surface area contributed by atoms with Gasteiger partial charge in [0.2, 0.25) is 11.8 Å². The van der Waals surface area contributed by atoms with Gasteiger partial charge in [0.1, 0.15) is 0 Å². The van der Waals surface area contributed by atoms with Gasteiger partial charge in [0, 0.05) is 23.7 Å². The minimum atomic E-state index is -0.0864. The van der Waals surface area contributed by atoms with E-state index in [4.69, 9.17) is 11.6 Å². The molecule has 0 unspecified atom stereocenters. The Morgan fingerprint density at radius 3 is 2.73 bits per heavy atom. The fourth-order valence-electron chi connectivity index (χ4n) is 2.67. The fourth-order valence-corrected chi connectivity index (χ4v) is 3.66. The number of anilines is 2. The fraction of sp³-hybridized carbons (Fsp3) is 0.263. The summed E-state index contributed by atoms with van der Waals surface area (Å²) in [6.45, 7) is 3.64. The number of carbonyl (C=O) groups excluding carboxylic acids is 2. The van der Waals surface area contributed by atoms with Crippen LogP contribution < -0.4 is 15.5 Å². The number of benzene rings is 2. The van der Waals surface area contributed by atoms with Gasteiger partial charge in [-0.2, -0.15) is 0 Å². The van der Waals surface area contributed by atoms with Gasteiger partial charge in [-0.3, -0.25) is 9.59 Å². The van der Waals surface area contributed by atoms with Crippen LogP contribution in [0.4, 0.5) is 11.4 Å². The van der Waals surface area contributed by atoms with Crippen molar-refractivity contribution in [2.75, 3.05) is 35.6 Å². The molecule has 2 aromatic rings. The van der Waals surface area contributed by atoms with Crippen molar-refractivity contribution in [3.05, 3.63) is 53.1 Å². The Morgan fingerprint density at radius 1 is 1.27 bits per heavy atom. The molecule has 2 amide bonds. The predicted molar refractivity (Wildman–Crippen MR) is 107 cm³/mol. The summed E-state index contributed by atoms with van der Waals surface area (Å²) in [5.41, 5.74) is 2.64. The molecule has 0 atom stereocenters. The van der Waals surface area contributed by atoms with Gasteiger partial charge < -0.3 is 15.5 Å². The van der Waals surface area contributed by atoms with E-state index in [-0.39, 0.29) is 11.8 Å². The summed E-state index contributed by atoms with van der Waals surface area (Å²) in [4.78, 5) is 26.7. The topological polar surface area (TPSA) is 61.4 Å². The average molecular weight is 390 g/mol.